The van der Waals surface area contributed by atoms with Crippen LogP contribution in [0.25, 0.3) is 11.1 Å². The molecule has 0 fully saturated rings. The molecule has 0 atom stereocenters. The van der Waals surface area contributed by atoms with Crippen molar-refractivity contribution in [1.29, 1.82) is 0 Å². The maximum absolute atomic E-state index is 13.0. The Kier molecular flexibility index (Phi) is 9.30. The zero-order chi connectivity index (χ0) is 25.2. The van der Waals surface area contributed by atoms with Gasteiger partial charge in [0.25, 0.3) is 0 Å². The van der Waals surface area contributed by atoms with Gasteiger partial charge in [0.05, 0.1) is 20.1 Å². The molecule has 3 aromatic rings. The van der Waals surface area contributed by atoms with Gasteiger partial charge in [-0.3, -0.25) is 4.79 Å². The number of benzene rings is 3. The number of carbonyl (C=O) groups is 2. The number of methoxy groups -OCH3 is 1. The molecule has 0 aliphatic carbocycles. The summed E-state index contributed by atoms with van der Waals surface area (Å²) in [6, 6.07) is 21.7. The number of hydrogen-bond donors (Lipinski definition) is 1. The maximum Gasteiger partial charge on any atom is 0.317 e. The first kappa shape index (κ1) is 25.8. The molecule has 0 aromatic heterocycles. The van der Waals surface area contributed by atoms with Crippen LogP contribution in [-0.2, 0) is 29.0 Å². The first-order valence-corrected chi connectivity index (χ1v) is 11.9. The molecule has 0 bridgehead atoms. The molecule has 0 spiro atoms. The third kappa shape index (κ3) is 7.09. The van der Waals surface area contributed by atoms with Gasteiger partial charge < -0.3 is 19.7 Å². The zero-order valence-electron chi connectivity index (χ0n) is 21.0. The van der Waals surface area contributed by atoms with Crippen molar-refractivity contribution in [3.63, 3.8) is 0 Å². The lowest BCUT2D eigenvalue weighted by molar-refractivity contribution is -0.142. The summed E-state index contributed by atoms with van der Waals surface area (Å²) in [7, 11) is 1.63. The Balaban J connectivity index is 1.87. The Morgan fingerprint density at radius 2 is 1.69 bits per heavy atom. The highest BCUT2D eigenvalue weighted by molar-refractivity contribution is 5.79. The van der Waals surface area contributed by atoms with Crippen molar-refractivity contribution < 1.29 is 19.1 Å². The van der Waals surface area contributed by atoms with E-state index in [1.165, 1.54) is 0 Å². The van der Waals surface area contributed by atoms with Gasteiger partial charge in [-0.15, -0.1) is 0 Å². The van der Waals surface area contributed by atoms with Crippen LogP contribution in [0.1, 0.15) is 36.1 Å². The van der Waals surface area contributed by atoms with Crippen LogP contribution in [0.4, 0.5) is 4.79 Å². The van der Waals surface area contributed by atoms with Gasteiger partial charge in [-0.25, -0.2) is 4.79 Å². The molecule has 6 nitrogen and oxygen atoms in total. The fraction of sp³-hybridized carbons (Fsp3) is 0.310. The van der Waals surface area contributed by atoms with Crippen LogP contribution in [0.5, 0.6) is 5.75 Å². The molecular formula is C29H34N2O4. The van der Waals surface area contributed by atoms with Crippen LogP contribution in [0.3, 0.4) is 0 Å². The average molecular weight is 475 g/mol. The van der Waals surface area contributed by atoms with Gasteiger partial charge in [0.15, 0.2) is 0 Å². The lowest BCUT2D eigenvalue weighted by Gasteiger charge is -2.24. The summed E-state index contributed by atoms with van der Waals surface area (Å²) in [5.74, 6) is 0.446. The van der Waals surface area contributed by atoms with Crippen molar-refractivity contribution in [3.05, 3.63) is 89.0 Å². The van der Waals surface area contributed by atoms with Crippen molar-refractivity contribution in [2.75, 3.05) is 20.3 Å². The molecule has 0 aliphatic rings. The number of nitrogens with zero attached hydrogens (tertiary/aromatic N) is 1. The van der Waals surface area contributed by atoms with E-state index in [0.29, 0.717) is 32.0 Å². The third-order valence-corrected chi connectivity index (χ3v) is 5.79. The molecule has 184 valence electrons. The van der Waals surface area contributed by atoms with E-state index >= 15 is 0 Å². The number of nitrogens with one attached hydrogen (secondary N) is 1. The number of urea groups is 1. The Labute approximate surface area is 207 Å². The van der Waals surface area contributed by atoms with Gasteiger partial charge in [0.2, 0.25) is 0 Å². The minimum absolute atomic E-state index is 0.120. The minimum Gasteiger partial charge on any atom is -0.496 e. The summed E-state index contributed by atoms with van der Waals surface area (Å²) in [4.78, 5) is 26.8. The first-order chi connectivity index (χ1) is 16.9. The molecular weight excluding hydrogens is 440 g/mol. The predicted molar refractivity (Wildman–Crippen MR) is 138 cm³/mol. The summed E-state index contributed by atoms with van der Waals surface area (Å²) in [6.07, 6.45) is 0.189. The standard InChI is InChI=1S/C29H34N2O4/c1-5-31(29(33)30-19-22-10-8-7-9-11-22)20-24-14-12-21(3)16-25(24)26-17-23(13-15-27(26)34-4)18-28(32)35-6-2/h7-17H,5-6,18-20H2,1-4H3,(H,30,33). The number of aryl methyl sites for hydroxylation is 1. The molecule has 2 amide bonds. The lowest BCUT2D eigenvalue weighted by atomic mass is 9.94. The fourth-order valence-electron chi connectivity index (χ4n) is 3.95. The highest BCUT2D eigenvalue weighted by Gasteiger charge is 2.18. The number of rotatable bonds is 10. The zero-order valence-corrected chi connectivity index (χ0v) is 21.0. The molecule has 35 heavy (non-hydrogen) atoms. The van der Waals surface area contributed by atoms with Crippen LogP contribution < -0.4 is 10.1 Å². The topological polar surface area (TPSA) is 67.9 Å². The van der Waals surface area contributed by atoms with E-state index in [-0.39, 0.29) is 18.4 Å². The van der Waals surface area contributed by atoms with Crippen LogP contribution in [0.2, 0.25) is 0 Å². The molecule has 0 saturated carbocycles. The van der Waals surface area contributed by atoms with E-state index in [2.05, 4.69) is 17.4 Å². The Morgan fingerprint density at radius 1 is 0.914 bits per heavy atom. The number of amides is 2. The van der Waals surface area contributed by atoms with Crippen LogP contribution >= 0.6 is 0 Å². The van der Waals surface area contributed by atoms with Crippen molar-refractivity contribution >= 4 is 12.0 Å². The van der Waals surface area contributed by atoms with Crippen molar-refractivity contribution in [1.82, 2.24) is 10.2 Å². The molecule has 3 rings (SSSR count). The summed E-state index contributed by atoms with van der Waals surface area (Å²) < 4.78 is 10.8. The van der Waals surface area contributed by atoms with Crippen LogP contribution in [0, 0.1) is 6.92 Å². The van der Waals surface area contributed by atoms with Crippen molar-refractivity contribution in [2.45, 2.75) is 40.3 Å². The van der Waals surface area contributed by atoms with E-state index in [4.69, 9.17) is 9.47 Å². The molecule has 1 N–H and O–H groups in total. The van der Waals surface area contributed by atoms with E-state index in [1.54, 1.807) is 18.9 Å². The second-order valence-corrected chi connectivity index (χ2v) is 8.34. The van der Waals surface area contributed by atoms with Gasteiger partial charge in [0, 0.05) is 25.2 Å². The predicted octanol–water partition coefficient (Wildman–Crippen LogP) is 5.51. The first-order valence-electron chi connectivity index (χ1n) is 11.9. The number of carbonyl (C=O) groups excluding carboxylic acids is 2. The maximum atomic E-state index is 13.0. The number of esters is 1. The summed E-state index contributed by atoms with van der Waals surface area (Å²) >= 11 is 0. The van der Waals surface area contributed by atoms with Gasteiger partial charge in [0.1, 0.15) is 5.75 Å². The van der Waals surface area contributed by atoms with E-state index < -0.39 is 0 Å². The highest BCUT2D eigenvalue weighted by Crippen LogP contribution is 2.35. The number of ether oxygens (including phenoxy) is 2. The largest absolute Gasteiger partial charge is 0.496 e. The van der Waals surface area contributed by atoms with E-state index in [9.17, 15) is 9.59 Å². The summed E-state index contributed by atoms with van der Waals surface area (Å²) in [5, 5.41) is 3.02. The van der Waals surface area contributed by atoms with E-state index in [0.717, 1.165) is 33.4 Å². The Morgan fingerprint density at radius 3 is 2.37 bits per heavy atom. The van der Waals surface area contributed by atoms with Crippen molar-refractivity contribution in [3.8, 4) is 16.9 Å². The van der Waals surface area contributed by atoms with Gasteiger partial charge in [-0.2, -0.15) is 0 Å². The second kappa shape index (κ2) is 12.6. The van der Waals surface area contributed by atoms with E-state index in [1.807, 2.05) is 68.4 Å². The average Bonchev–Trinajstić information content (AvgIpc) is 2.87. The van der Waals surface area contributed by atoms with Crippen LogP contribution in [-0.4, -0.2) is 37.2 Å². The Bertz CT molecular complexity index is 1140. The van der Waals surface area contributed by atoms with Crippen LogP contribution in [0.15, 0.2) is 66.7 Å². The fourth-order valence-corrected chi connectivity index (χ4v) is 3.95. The van der Waals surface area contributed by atoms with Gasteiger partial charge in [-0.05, 0) is 55.2 Å². The van der Waals surface area contributed by atoms with Crippen molar-refractivity contribution in [2.24, 2.45) is 0 Å². The molecule has 0 aliphatic heterocycles. The molecule has 0 saturated heterocycles. The minimum atomic E-state index is -0.264. The number of hydrogen-bond acceptors (Lipinski definition) is 4. The SMILES string of the molecule is CCOC(=O)Cc1ccc(OC)c(-c2cc(C)ccc2CN(CC)C(=O)NCc2ccccc2)c1. The second-order valence-electron chi connectivity index (χ2n) is 8.34. The smallest absolute Gasteiger partial charge is 0.317 e. The third-order valence-electron chi connectivity index (χ3n) is 5.79. The van der Waals surface area contributed by atoms with Gasteiger partial charge >= 0.3 is 12.0 Å². The normalized spacial score (nSPS) is 10.5. The monoisotopic (exact) mass is 474 g/mol. The Hall–Kier alpha value is -3.80. The molecule has 0 unspecified atom stereocenters. The van der Waals surface area contributed by atoms with Gasteiger partial charge in [-0.1, -0.05) is 60.2 Å². The molecule has 3 aromatic carbocycles. The molecule has 6 heteroatoms. The molecule has 0 heterocycles. The summed E-state index contributed by atoms with van der Waals surface area (Å²) in [5.41, 5.74) is 5.85. The molecule has 0 radical (unpaired) electrons. The summed E-state index contributed by atoms with van der Waals surface area (Å²) in [6.45, 7) is 7.63. The highest BCUT2D eigenvalue weighted by atomic mass is 16.5. The lowest BCUT2D eigenvalue weighted by Crippen LogP contribution is -2.39. The quantitative estimate of drug-likeness (QED) is 0.394.